The van der Waals surface area contributed by atoms with Crippen LogP contribution in [0.25, 0.3) is 0 Å². The van der Waals surface area contributed by atoms with Gasteiger partial charge in [-0.2, -0.15) is 0 Å². The van der Waals surface area contributed by atoms with Crippen molar-refractivity contribution in [1.82, 2.24) is 0 Å². The predicted molar refractivity (Wildman–Crippen MR) is 51.2 cm³/mol. The number of ether oxygens (including phenoxy) is 1. The van der Waals surface area contributed by atoms with E-state index in [0.29, 0.717) is 6.07 Å². The molecule has 1 rings (SSSR count). The van der Waals surface area contributed by atoms with Crippen molar-refractivity contribution in [2.24, 2.45) is 0 Å². The molecule has 0 aliphatic rings. The zero-order valence-corrected chi connectivity index (χ0v) is 8.47. The van der Waals surface area contributed by atoms with Crippen molar-refractivity contribution in [2.45, 2.75) is 6.42 Å². The first-order chi connectivity index (χ1) is 7.54. The summed E-state index contributed by atoms with van der Waals surface area (Å²) in [5.74, 6) is -3.81. The van der Waals surface area contributed by atoms with E-state index in [0.717, 1.165) is 12.1 Å². The van der Waals surface area contributed by atoms with Gasteiger partial charge in [-0.05, 0) is 18.1 Å². The predicted octanol–water partition coefficient (Wildman–Crippen LogP) is 2.38. The average molecular weight is 230 g/mol. The molecule has 0 N–H and O–H groups in total. The van der Waals surface area contributed by atoms with Crippen molar-refractivity contribution < 1.29 is 22.7 Å². The maximum absolute atomic E-state index is 13.1. The van der Waals surface area contributed by atoms with E-state index in [1.165, 1.54) is 13.2 Å². The lowest BCUT2D eigenvalue weighted by Crippen LogP contribution is -1.96. The van der Waals surface area contributed by atoms with Gasteiger partial charge < -0.3 is 4.74 Å². The van der Waals surface area contributed by atoms with Crippen LogP contribution in [0.5, 0.6) is 0 Å². The molecule has 0 radical (unpaired) electrons. The lowest BCUT2D eigenvalue weighted by molar-refractivity contribution is -0.134. The molecule has 0 spiro atoms. The number of hydrogen-bond donors (Lipinski definition) is 0. The third kappa shape index (κ3) is 3.12. The van der Waals surface area contributed by atoms with Crippen molar-refractivity contribution in [3.63, 3.8) is 0 Å². The second-order valence-corrected chi connectivity index (χ2v) is 2.99. The molecule has 5 heteroatoms. The minimum absolute atomic E-state index is 0.0157. The molecule has 0 fully saturated rings. The van der Waals surface area contributed by atoms with Gasteiger partial charge in [0, 0.05) is 12.1 Å². The Morgan fingerprint density at radius 2 is 1.88 bits per heavy atom. The Morgan fingerprint density at radius 1 is 1.25 bits per heavy atom. The third-order valence-electron chi connectivity index (χ3n) is 1.88. The summed E-state index contributed by atoms with van der Waals surface area (Å²) in [6, 6.07) is 1.23. The maximum Gasteiger partial charge on any atom is 0.330 e. The smallest absolute Gasteiger partial charge is 0.330 e. The summed E-state index contributed by atoms with van der Waals surface area (Å²) in [6.07, 6.45) is 2.38. The van der Waals surface area contributed by atoms with Crippen molar-refractivity contribution >= 4 is 5.97 Å². The fraction of sp³-hybridized carbons (Fsp3) is 0.182. The average Bonchev–Trinajstić information content (AvgIpc) is 2.25. The number of allylic oxidation sites excluding steroid dienone is 1. The van der Waals surface area contributed by atoms with Crippen molar-refractivity contribution in [1.29, 1.82) is 0 Å². The second-order valence-electron chi connectivity index (χ2n) is 2.99. The molecule has 0 aliphatic carbocycles. The zero-order valence-electron chi connectivity index (χ0n) is 8.47. The first-order valence-electron chi connectivity index (χ1n) is 4.42. The Hall–Kier alpha value is -1.78. The minimum Gasteiger partial charge on any atom is -0.466 e. The van der Waals surface area contributed by atoms with Gasteiger partial charge in [0.1, 0.15) is 5.82 Å². The van der Waals surface area contributed by atoms with Crippen LogP contribution < -0.4 is 0 Å². The SMILES string of the molecule is COC(=O)C=CCc1cc(F)c(F)cc1F. The first-order valence-corrected chi connectivity index (χ1v) is 4.42. The summed E-state index contributed by atoms with van der Waals surface area (Å²) in [5, 5.41) is 0. The molecule has 0 unspecified atom stereocenters. The minimum atomic E-state index is -1.24. The van der Waals surface area contributed by atoms with Crippen molar-refractivity contribution in [3.05, 3.63) is 47.3 Å². The molecule has 0 saturated heterocycles. The molecule has 2 nitrogen and oxygen atoms in total. The number of methoxy groups -OCH3 is 1. The Labute approximate surface area is 90.3 Å². The van der Waals surface area contributed by atoms with E-state index in [4.69, 9.17) is 0 Å². The fourth-order valence-corrected chi connectivity index (χ4v) is 1.07. The Morgan fingerprint density at radius 3 is 2.50 bits per heavy atom. The molecule has 1 aromatic carbocycles. The number of carbonyl (C=O) groups is 1. The van der Waals surface area contributed by atoms with Gasteiger partial charge in [0.2, 0.25) is 0 Å². The number of halogens is 3. The Balaban J connectivity index is 2.78. The van der Waals surface area contributed by atoms with Gasteiger partial charge in [-0.15, -0.1) is 0 Å². The summed E-state index contributed by atoms with van der Waals surface area (Å²) >= 11 is 0. The lowest BCUT2D eigenvalue weighted by Gasteiger charge is -2.00. The highest BCUT2D eigenvalue weighted by atomic mass is 19.2. The molecular weight excluding hydrogens is 221 g/mol. The summed E-state index contributed by atoms with van der Waals surface area (Å²) in [4.78, 5) is 10.7. The molecule has 0 amide bonds. The molecule has 0 saturated carbocycles. The maximum atomic E-state index is 13.1. The number of rotatable bonds is 3. The van der Waals surface area contributed by atoms with E-state index >= 15 is 0 Å². The van der Waals surface area contributed by atoms with Crippen LogP contribution in [0.4, 0.5) is 13.2 Å². The van der Waals surface area contributed by atoms with Crippen LogP contribution in [0.1, 0.15) is 5.56 Å². The number of carbonyl (C=O) groups excluding carboxylic acids is 1. The van der Waals surface area contributed by atoms with Crippen molar-refractivity contribution in [2.75, 3.05) is 7.11 Å². The van der Waals surface area contributed by atoms with Gasteiger partial charge in [-0.1, -0.05) is 6.08 Å². The van der Waals surface area contributed by atoms with Crippen molar-refractivity contribution in [3.8, 4) is 0 Å². The zero-order chi connectivity index (χ0) is 12.1. The Bertz CT molecular complexity index is 427. The molecule has 0 bridgehead atoms. The first kappa shape index (κ1) is 12.3. The molecule has 0 aromatic heterocycles. The van der Waals surface area contributed by atoms with Gasteiger partial charge in [0.05, 0.1) is 7.11 Å². The molecular formula is C11H9F3O2. The fourth-order valence-electron chi connectivity index (χ4n) is 1.07. The highest BCUT2D eigenvalue weighted by Crippen LogP contribution is 2.14. The molecule has 0 aliphatic heterocycles. The van der Waals surface area contributed by atoms with E-state index < -0.39 is 23.4 Å². The van der Waals surface area contributed by atoms with E-state index in [1.54, 1.807) is 0 Å². The number of benzene rings is 1. The van der Waals surface area contributed by atoms with Crippen LogP contribution in [-0.2, 0) is 16.0 Å². The highest BCUT2D eigenvalue weighted by Gasteiger charge is 2.08. The molecule has 0 heterocycles. The normalized spacial score (nSPS) is 10.8. The molecule has 86 valence electrons. The molecule has 16 heavy (non-hydrogen) atoms. The van der Waals surface area contributed by atoms with Gasteiger partial charge in [-0.25, -0.2) is 18.0 Å². The van der Waals surface area contributed by atoms with Gasteiger partial charge in [0.25, 0.3) is 0 Å². The summed E-state index contributed by atoms with van der Waals surface area (Å²) in [6.45, 7) is 0. The number of hydrogen-bond acceptors (Lipinski definition) is 2. The molecule has 0 atom stereocenters. The largest absolute Gasteiger partial charge is 0.466 e. The Kier molecular flexibility index (Phi) is 4.10. The quantitative estimate of drug-likeness (QED) is 0.452. The van der Waals surface area contributed by atoms with Crippen LogP contribution in [0.2, 0.25) is 0 Å². The van der Waals surface area contributed by atoms with E-state index in [-0.39, 0.29) is 12.0 Å². The van der Waals surface area contributed by atoms with Gasteiger partial charge in [0.15, 0.2) is 11.6 Å². The van der Waals surface area contributed by atoms with Crippen LogP contribution in [-0.4, -0.2) is 13.1 Å². The van der Waals surface area contributed by atoms with Crippen LogP contribution in [0, 0.1) is 17.5 Å². The highest BCUT2D eigenvalue weighted by molar-refractivity contribution is 5.81. The summed E-state index contributed by atoms with van der Waals surface area (Å²) < 4.78 is 42.7. The lowest BCUT2D eigenvalue weighted by atomic mass is 10.1. The molecule has 1 aromatic rings. The standard InChI is InChI=1S/C11H9F3O2/c1-16-11(15)4-2-3-7-5-9(13)10(14)6-8(7)12/h2,4-6H,3H2,1H3. The monoisotopic (exact) mass is 230 g/mol. The van der Waals surface area contributed by atoms with Crippen LogP contribution in [0.3, 0.4) is 0 Å². The van der Waals surface area contributed by atoms with Crippen LogP contribution in [0.15, 0.2) is 24.3 Å². The van der Waals surface area contributed by atoms with Gasteiger partial charge in [-0.3, -0.25) is 0 Å². The van der Waals surface area contributed by atoms with Gasteiger partial charge >= 0.3 is 5.97 Å². The van der Waals surface area contributed by atoms with E-state index in [2.05, 4.69) is 4.74 Å². The topological polar surface area (TPSA) is 26.3 Å². The summed E-state index contributed by atoms with van der Waals surface area (Å²) in [7, 11) is 1.20. The third-order valence-corrected chi connectivity index (χ3v) is 1.88. The van der Waals surface area contributed by atoms with Crippen LogP contribution >= 0.6 is 0 Å². The van der Waals surface area contributed by atoms with E-state index in [9.17, 15) is 18.0 Å². The number of esters is 1. The van der Waals surface area contributed by atoms with E-state index in [1.807, 2.05) is 0 Å². The summed E-state index contributed by atoms with van der Waals surface area (Å²) in [5.41, 5.74) is -0.0287. The second kappa shape index (κ2) is 5.34.